The molecule has 2 aromatic carbocycles. The first kappa shape index (κ1) is 20.2. The Morgan fingerprint density at radius 1 is 0.897 bits per heavy atom. The molecule has 29 heavy (non-hydrogen) atoms. The Labute approximate surface area is 173 Å². The van der Waals surface area contributed by atoms with Crippen LogP contribution in [0.25, 0.3) is 0 Å². The van der Waals surface area contributed by atoms with Crippen molar-refractivity contribution < 1.29 is 23.8 Å². The molecule has 0 bridgehead atoms. The molecule has 0 N–H and O–H groups in total. The molecule has 2 aromatic rings. The Morgan fingerprint density at radius 3 is 2.28 bits per heavy atom. The fourth-order valence-corrected chi connectivity index (χ4v) is 2.85. The SMILES string of the molecule is COC(=O)C1=C(C(=O)OC)N(c2ccccc2Oc2ccc(Cl)cc2)C=CC=C1. The molecule has 0 radical (unpaired) electrons. The average Bonchev–Trinajstić information content (AvgIpc) is 2.97. The molecule has 0 spiro atoms. The van der Waals surface area contributed by atoms with Crippen LogP contribution in [-0.4, -0.2) is 26.2 Å². The zero-order chi connectivity index (χ0) is 20.8. The molecular weight excluding hydrogens is 394 g/mol. The molecule has 0 unspecified atom stereocenters. The lowest BCUT2D eigenvalue weighted by atomic mass is 10.1. The monoisotopic (exact) mass is 411 g/mol. The minimum absolute atomic E-state index is 0.0107. The number of esters is 2. The molecule has 148 valence electrons. The van der Waals surface area contributed by atoms with E-state index in [0.717, 1.165) is 0 Å². The van der Waals surface area contributed by atoms with Crippen molar-refractivity contribution in [1.82, 2.24) is 0 Å². The number of anilines is 1. The van der Waals surface area contributed by atoms with Gasteiger partial charge in [-0.3, -0.25) is 0 Å². The third-order valence-corrected chi connectivity index (χ3v) is 4.31. The number of ether oxygens (including phenoxy) is 3. The van der Waals surface area contributed by atoms with Crippen LogP contribution >= 0.6 is 11.6 Å². The van der Waals surface area contributed by atoms with Gasteiger partial charge in [0.2, 0.25) is 0 Å². The van der Waals surface area contributed by atoms with E-state index in [1.54, 1.807) is 66.9 Å². The van der Waals surface area contributed by atoms with Gasteiger partial charge in [0.1, 0.15) is 11.4 Å². The highest BCUT2D eigenvalue weighted by atomic mass is 35.5. The third-order valence-electron chi connectivity index (χ3n) is 4.06. The molecule has 1 aliphatic rings. The molecule has 1 heterocycles. The number of para-hydroxylation sites is 2. The highest BCUT2D eigenvalue weighted by Crippen LogP contribution is 2.36. The number of halogens is 1. The molecule has 1 aliphatic heterocycles. The zero-order valence-corrected chi connectivity index (χ0v) is 16.6. The maximum atomic E-state index is 12.6. The van der Waals surface area contributed by atoms with Gasteiger partial charge < -0.3 is 19.1 Å². The smallest absolute Gasteiger partial charge is 0.355 e. The van der Waals surface area contributed by atoms with E-state index in [1.165, 1.54) is 25.2 Å². The van der Waals surface area contributed by atoms with E-state index in [0.29, 0.717) is 22.2 Å². The van der Waals surface area contributed by atoms with Crippen molar-refractivity contribution in [2.45, 2.75) is 0 Å². The van der Waals surface area contributed by atoms with Gasteiger partial charge in [-0.1, -0.05) is 29.8 Å². The minimum Gasteiger partial charge on any atom is -0.465 e. The molecule has 0 saturated heterocycles. The number of carbonyl (C=O) groups is 2. The molecule has 0 aromatic heterocycles. The van der Waals surface area contributed by atoms with Crippen LogP contribution in [0.5, 0.6) is 11.5 Å². The second-order valence-corrected chi connectivity index (χ2v) is 6.28. The lowest BCUT2D eigenvalue weighted by Crippen LogP contribution is -2.27. The van der Waals surface area contributed by atoms with Gasteiger partial charge in [0, 0.05) is 11.2 Å². The van der Waals surface area contributed by atoms with Crippen LogP contribution in [-0.2, 0) is 19.1 Å². The molecule has 7 heteroatoms. The highest BCUT2D eigenvalue weighted by Gasteiger charge is 2.28. The molecule has 0 amide bonds. The van der Waals surface area contributed by atoms with E-state index < -0.39 is 11.9 Å². The lowest BCUT2D eigenvalue weighted by Gasteiger charge is -2.25. The number of benzene rings is 2. The fraction of sp³-hybridized carbons (Fsp3) is 0.0909. The number of hydrogen-bond acceptors (Lipinski definition) is 6. The molecule has 0 atom stereocenters. The van der Waals surface area contributed by atoms with Crippen molar-refractivity contribution in [3.63, 3.8) is 0 Å². The highest BCUT2D eigenvalue weighted by molar-refractivity contribution is 6.30. The molecule has 6 nitrogen and oxygen atoms in total. The number of allylic oxidation sites excluding steroid dienone is 2. The van der Waals surface area contributed by atoms with Gasteiger partial charge in [0.25, 0.3) is 0 Å². The van der Waals surface area contributed by atoms with E-state index in [2.05, 4.69) is 0 Å². The quantitative estimate of drug-likeness (QED) is 0.669. The summed E-state index contributed by atoms with van der Waals surface area (Å²) in [5, 5.41) is 0.589. The lowest BCUT2D eigenvalue weighted by molar-refractivity contribution is -0.139. The first-order valence-corrected chi connectivity index (χ1v) is 9.00. The van der Waals surface area contributed by atoms with Crippen LogP contribution < -0.4 is 9.64 Å². The summed E-state index contributed by atoms with van der Waals surface area (Å²) in [6.45, 7) is 0. The van der Waals surface area contributed by atoms with Gasteiger partial charge in [-0.2, -0.15) is 0 Å². The maximum Gasteiger partial charge on any atom is 0.355 e. The summed E-state index contributed by atoms with van der Waals surface area (Å²) in [7, 11) is 2.50. The van der Waals surface area contributed by atoms with E-state index in [4.69, 9.17) is 25.8 Å². The Hall–Kier alpha value is -3.51. The normalized spacial score (nSPS) is 13.1. The summed E-state index contributed by atoms with van der Waals surface area (Å²) in [6.07, 6.45) is 6.47. The summed E-state index contributed by atoms with van der Waals surface area (Å²) < 4.78 is 15.8. The van der Waals surface area contributed by atoms with Crippen molar-refractivity contribution in [2.75, 3.05) is 19.1 Å². The van der Waals surface area contributed by atoms with Crippen LogP contribution in [0.3, 0.4) is 0 Å². The van der Waals surface area contributed by atoms with Gasteiger partial charge >= 0.3 is 11.9 Å². The van der Waals surface area contributed by atoms with Crippen molar-refractivity contribution >= 4 is 29.2 Å². The van der Waals surface area contributed by atoms with Crippen molar-refractivity contribution in [3.8, 4) is 11.5 Å². The van der Waals surface area contributed by atoms with Crippen LogP contribution in [0, 0.1) is 0 Å². The van der Waals surface area contributed by atoms with Crippen LogP contribution in [0.2, 0.25) is 5.02 Å². The second-order valence-electron chi connectivity index (χ2n) is 5.84. The molecule has 3 rings (SSSR count). The van der Waals surface area contributed by atoms with Crippen molar-refractivity contribution in [1.29, 1.82) is 0 Å². The number of rotatable bonds is 5. The van der Waals surface area contributed by atoms with Gasteiger partial charge in [0.15, 0.2) is 5.75 Å². The fourth-order valence-electron chi connectivity index (χ4n) is 2.72. The number of methoxy groups -OCH3 is 2. The van der Waals surface area contributed by atoms with Gasteiger partial charge in [-0.05, 0) is 48.6 Å². The topological polar surface area (TPSA) is 65.1 Å². The number of carbonyl (C=O) groups excluding carboxylic acids is 2. The standard InChI is InChI=1S/C22H18ClNO5/c1-27-21(25)17-7-5-6-14-24(20(17)22(26)28-2)18-8-3-4-9-19(18)29-16-12-10-15(23)11-13-16/h3-14H,1-2H3. The average molecular weight is 412 g/mol. The van der Waals surface area contributed by atoms with Crippen LogP contribution in [0.4, 0.5) is 5.69 Å². The Bertz CT molecular complexity index is 1010. The molecule has 0 saturated carbocycles. The Morgan fingerprint density at radius 2 is 1.59 bits per heavy atom. The summed E-state index contributed by atoms with van der Waals surface area (Å²) in [5.74, 6) is -0.322. The van der Waals surface area contributed by atoms with Crippen LogP contribution in [0.1, 0.15) is 0 Å². The first-order valence-electron chi connectivity index (χ1n) is 8.62. The molecule has 0 fully saturated rings. The van der Waals surface area contributed by atoms with E-state index in [9.17, 15) is 9.59 Å². The predicted molar refractivity (Wildman–Crippen MR) is 110 cm³/mol. The number of hydrogen-bond donors (Lipinski definition) is 0. The molecule has 0 aliphatic carbocycles. The van der Waals surface area contributed by atoms with E-state index in [-0.39, 0.29) is 11.3 Å². The van der Waals surface area contributed by atoms with Gasteiger partial charge in [0.05, 0.1) is 25.5 Å². The summed E-state index contributed by atoms with van der Waals surface area (Å²) in [6, 6.07) is 14.0. The van der Waals surface area contributed by atoms with Crippen LogP contribution in [0.15, 0.2) is 84.2 Å². The third kappa shape index (κ3) is 4.50. The largest absolute Gasteiger partial charge is 0.465 e. The zero-order valence-electron chi connectivity index (χ0n) is 15.8. The van der Waals surface area contributed by atoms with E-state index >= 15 is 0 Å². The van der Waals surface area contributed by atoms with Gasteiger partial charge in [-0.15, -0.1) is 0 Å². The first-order chi connectivity index (χ1) is 14.0. The van der Waals surface area contributed by atoms with E-state index in [1.807, 2.05) is 0 Å². The minimum atomic E-state index is -0.692. The molecular formula is C22H18ClNO5. The summed E-state index contributed by atoms with van der Waals surface area (Å²) in [4.78, 5) is 26.4. The summed E-state index contributed by atoms with van der Waals surface area (Å²) in [5.41, 5.74) is 0.603. The summed E-state index contributed by atoms with van der Waals surface area (Å²) >= 11 is 5.93. The predicted octanol–water partition coefficient (Wildman–Crippen LogP) is 4.62. The van der Waals surface area contributed by atoms with Gasteiger partial charge in [-0.25, -0.2) is 9.59 Å². The van der Waals surface area contributed by atoms with Crippen molar-refractivity contribution in [3.05, 3.63) is 89.3 Å². The second kappa shape index (κ2) is 9.12. The Kier molecular flexibility index (Phi) is 6.36. The van der Waals surface area contributed by atoms with Crippen molar-refractivity contribution in [2.24, 2.45) is 0 Å². The maximum absolute atomic E-state index is 12.6. The Balaban J connectivity index is 2.11. The number of nitrogens with zero attached hydrogens (tertiary/aromatic N) is 1.